The van der Waals surface area contributed by atoms with E-state index in [1.807, 2.05) is 13.8 Å². The van der Waals surface area contributed by atoms with Crippen LogP contribution in [0, 0.1) is 5.92 Å². The van der Waals surface area contributed by atoms with Gasteiger partial charge in [-0.2, -0.15) is 0 Å². The lowest BCUT2D eigenvalue weighted by Gasteiger charge is -2.23. The van der Waals surface area contributed by atoms with E-state index in [-0.39, 0.29) is 6.04 Å². The molecule has 0 spiro atoms. The van der Waals surface area contributed by atoms with Crippen LogP contribution >= 0.6 is 0 Å². The van der Waals surface area contributed by atoms with E-state index >= 15 is 0 Å². The zero-order valence-corrected chi connectivity index (χ0v) is 11.3. The molecule has 17 heavy (non-hydrogen) atoms. The fourth-order valence-electron chi connectivity index (χ4n) is 2.04. The van der Waals surface area contributed by atoms with E-state index < -0.39 is 12.0 Å². The average molecular weight is 242 g/mol. The Bertz CT molecular complexity index is 240. The van der Waals surface area contributed by atoms with Gasteiger partial charge in [0.2, 0.25) is 0 Å². The zero-order chi connectivity index (χ0) is 12.8. The van der Waals surface area contributed by atoms with E-state index in [1.165, 1.54) is 12.8 Å². The third-order valence-corrected chi connectivity index (χ3v) is 3.23. The van der Waals surface area contributed by atoms with E-state index in [0.29, 0.717) is 6.42 Å². The molecule has 1 fully saturated rings. The van der Waals surface area contributed by atoms with Crippen molar-refractivity contribution in [1.29, 1.82) is 0 Å². The highest BCUT2D eigenvalue weighted by molar-refractivity contribution is 5.73. The number of rotatable bonds is 9. The molecule has 0 aromatic rings. The first-order valence-electron chi connectivity index (χ1n) is 6.74. The molecule has 1 aliphatic rings. The van der Waals surface area contributed by atoms with E-state index in [4.69, 9.17) is 5.11 Å². The van der Waals surface area contributed by atoms with Crippen molar-refractivity contribution in [2.24, 2.45) is 5.92 Å². The van der Waals surface area contributed by atoms with Gasteiger partial charge in [-0.05, 0) is 31.7 Å². The second kappa shape index (κ2) is 6.97. The highest BCUT2D eigenvalue weighted by Gasteiger charge is 2.25. The Hall–Kier alpha value is -0.610. The molecule has 0 radical (unpaired) electrons. The summed E-state index contributed by atoms with van der Waals surface area (Å²) < 4.78 is 0. The van der Waals surface area contributed by atoms with Crippen molar-refractivity contribution in [3.8, 4) is 0 Å². The van der Waals surface area contributed by atoms with Crippen molar-refractivity contribution in [1.82, 2.24) is 10.2 Å². The van der Waals surface area contributed by atoms with Crippen molar-refractivity contribution in [2.45, 2.75) is 52.1 Å². The van der Waals surface area contributed by atoms with Gasteiger partial charge in [0.1, 0.15) is 6.04 Å². The molecule has 1 atom stereocenters. The molecule has 0 heterocycles. The summed E-state index contributed by atoms with van der Waals surface area (Å²) in [5.41, 5.74) is 0. The number of aliphatic carboxylic acids is 1. The second-order valence-corrected chi connectivity index (χ2v) is 5.34. The Morgan fingerprint density at radius 2 is 2.12 bits per heavy atom. The molecule has 0 bridgehead atoms. The fraction of sp³-hybridized carbons (Fsp3) is 0.923. The molecule has 4 heteroatoms. The molecule has 0 amide bonds. The summed E-state index contributed by atoms with van der Waals surface area (Å²) in [5, 5.41) is 12.2. The van der Waals surface area contributed by atoms with Gasteiger partial charge in [-0.15, -0.1) is 0 Å². The summed E-state index contributed by atoms with van der Waals surface area (Å²) in [5.74, 6) is 0.137. The number of nitrogens with zero attached hydrogens (tertiary/aromatic N) is 1. The van der Waals surface area contributed by atoms with Gasteiger partial charge in [-0.3, -0.25) is 4.79 Å². The van der Waals surface area contributed by atoms with Crippen LogP contribution in [0.5, 0.6) is 0 Å². The molecule has 0 saturated heterocycles. The maximum atomic E-state index is 11.1. The van der Waals surface area contributed by atoms with Crippen LogP contribution in [0.25, 0.3) is 0 Å². The molecule has 1 unspecified atom stereocenters. The Labute approximate surface area is 104 Å². The quantitative estimate of drug-likeness (QED) is 0.644. The summed E-state index contributed by atoms with van der Waals surface area (Å²) in [6.45, 7) is 9.15. The lowest BCUT2D eigenvalue weighted by Crippen LogP contribution is -2.43. The molecule has 4 nitrogen and oxygen atoms in total. The summed E-state index contributed by atoms with van der Waals surface area (Å²) in [4.78, 5) is 13.5. The normalized spacial score (nSPS) is 17.7. The van der Waals surface area contributed by atoms with Crippen molar-refractivity contribution < 1.29 is 9.90 Å². The molecule has 100 valence electrons. The molecule has 0 aromatic carbocycles. The molecule has 1 saturated carbocycles. The van der Waals surface area contributed by atoms with E-state index in [9.17, 15) is 4.79 Å². The Kier molecular flexibility index (Phi) is 5.92. The maximum absolute atomic E-state index is 11.1. The van der Waals surface area contributed by atoms with Gasteiger partial charge < -0.3 is 15.3 Å². The van der Waals surface area contributed by atoms with Gasteiger partial charge in [0.25, 0.3) is 0 Å². The number of nitrogens with one attached hydrogen (secondary N) is 1. The Morgan fingerprint density at radius 1 is 1.47 bits per heavy atom. The smallest absolute Gasteiger partial charge is 0.320 e. The first kappa shape index (κ1) is 14.5. The Morgan fingerprint density at radius 3 is 2.53 bits per heavy atom. The fourth-order valence-corrected chi connectivity index (χ4v) is 2.04. The molecule has 0 aliphatic heterocycles. The number of hydrogen-bond donors (Lipinski definition) is 2. The minimum Gasteiger partial charge on any atom is -0.480 e. The third kappa shape index (κ3) is 6.03. The number of carboxylic acid groups (broad SMARTS) is 1. The molecular formula is C13H26N2O2. The number of carboxylic acids is 1. The lowest BCUT2D eigenvalue weighted by atomic mass is 10.1. The standard InChI is InChI=1S/C13H26N2O2/c1-4-15(9-11-5-6-11)8-7-12(13(16)17)14-10(2)3/h10-12,14H,4-9H2,1-3H3,(H,16,17). The summed E-state index contributed by atoms with van der Waals surface area (Å²) >= 11 is 0. The maximum Gasteiger partial charge on any atom is 0.320 e. The van der Waals surface area contributed by atoms with Crippen LogP contribution in [0.1, 0.15) is 40.0 Å². The van der Waals surface area contributed by atoms with Crippen LogP contribution in [-0.4, -0.2) is 47.7 Å². The van der Waals surface area contributed by atoms with Gasteiger partial charge in [0, 0.05) is 19.1 Å². The van der Waals surface area contributed by atoms with Gasteiger partial charge in [-0.25, -0.2) is 0 Å². The molecular weight excluding hydrogens is 216 g/mol. The molecule has 0 aromatic heterocycles. The van der Waals surface area contributed by atoms with Crippen LogP contribution in [0.4, 0.5) is 0 Å². The van der Waals surface area contributed by atoms with Gasteiger partial charge >= 0.3 is 5.97 Å². The monoisotopic (exact) mass is 242 g/mol. The average Bonchev–Trinajstić information content (AvgIpc) is 3.05. The summed E-state index contributed by atoms with van der Waals surface area (Å²) in [6, 6.07) is -0.196. The van der Waals surface area contributed by atoms with Crippen molar-refractivity contribution in [3.63, 3.8) is 0 Å². The van der Waals surface area contributed by atoms with E-state index in [0.717, 1.165) is 25.6 Å². The van der Waals surface area contributed by atoms with Gasteiger partial charge in [-0.1, -0.05) is 20.8 Å². The predicted octanol–water partition coefficient (Wildman–Crippen LogP) is 1.56. The van der Waals surface area contributed by atoms with E-state index in [1.54, 1.807) is 0 Å². The topological polar surface area (TPSA) is 52.6 Å². The first-order chi connectivity index (χ1) is 8.02. The van der Waals surface area contributed by atoms with Crippen molar-refractivity contribution >= 4 is 5.97 Å². The minimum absolute atomic E-state index is 0.217. The lowest BCUT2D eigenvalue weighted by molar-refractivity contribution is -0.140. The highest BCUT2D eigenvalue weighted by atomic mass is 16.4. The van der Waals surface area contributed by atoms with Crippen LogP contribution < -0.4 is 5.32 Å². The third-order valence-electron chi connectivity index (χ3n) is 3.23. The summed E-state index contributed by atoms with van der Waals surface area (Å²) in [6.07, 6.45) is 3.39. The van der Waals surface area contributed by atoms with Crippen LogP contribution in [0.15, 0.2) is 0 Å². The molecule has 1 aliphatic carbocycles. The second-order valence-electron chi connectivity index (χ2n) is 5.34. The number of carbonyl (C=O) groups is 1. The largest absolute Gasteiger partial charge is 0.480 e. The summed E-state index contributed by atoms with van der Waals surface area (Å²) in [7, 11) is 0. The zero-order valence-electron chi connectivity index (χ0n) is 11.3. The van der Waals surface area contributed by atoms with E-state index in [2.05, 4.69) is 17.1 Å². The van der Waals surface area contributed by atoms with Crippen LogP contribution in [0.2, 0.25) is 0 Å². The molecule has 1 rings (SSSR count). The van der Waals surface area contributed by atoms with Crippen molar-refractivity contribution in [3.05, 3.63) is 0 Å². The highest BCUT2D eigenvalue weighted by Crippen LogP contribution is 2.29. The van der Waals surface area contributed by atoms with Crippen LogP contribution in [-0.2, 0) is 4.79 Å². The van der Waals surface area contributed by atoms with Gasteiger partial charge in [0.15, 0.2) is 0 Å². The SMILES string of the molecule is CCN(CCC(NC(C)C)C(=O)O)CC1CC1. The van der Waals surface area contributed by atoms with Crippen molar-refractivity contribution in [2.75, 3.05) is 19.6 Å². The molecule has 2 N–H and O–H groups in total. The number of hydrogen-bond acceptors (Lipinski definition) is 3. The Balaban J connectivity index is 2.29. The first-order valence-corrected chi connectivity index (χ1v) is 6.74. The predicted molar refractivity (Wildman–Crippen MR) is 69.2 cm³/mol. The minimum atomic E-state index is -0.735. The van der Waals surface area contributed by atoms with Crippen LogP contribution in [0.3, 0.4) is 0 Å². The van der Waals surface area contributed by atoms with Gasteiger partial charge in [0.05, 0.1) is 0 Å².